The Labute approximate surface area is 124 Å². The molecule has 1 heterocycles. The number of sulfonamides is 1. The summed E-state index contributed by atoms with van der Waals surface area (Å²) in [6, 6.07) is 5.54. The summed E-state index contributed by atoms with van der Waals surface area (Å²) in [7, 11) is -2.63. The number of esters is 1. The Morgan fingerprint density at radius 2 is 2.10 bits per heavy atom. The van der Waals surface area contributed by atoms with Gasteiger partial charge in [-0.1, -0.05) is 18.6 Å². The van der Waals surface area contributed by atoms with E-state index in [1.165, 1.54) is 23.5 Å². The van der Waals surface area contributed by atoms with Crippen LogP contribution in [-0.2, 0) is 14.8 Å². The van der Waals surface area contributed by atoms with E-state index >= 15 is 0 Å². The van der Waals surface area contributed by atoms with Crippen molar-refractivity contribution < 1.29 is 23.1 Å². The third-order valence-electron chi connectivity index (χ3n) is 3.66. The molecule has 0 aromatic heterocycles. The molecule has 1 unspecified atom stereocenters. The first kappa shape index (κ1) is 15.9. The standard InChI is InChI=1S/C14H19NO5S/c1-20-14(17)12-7-2-3-8-13(12)21(18,19)15-9-5-4-6-11(15)10-16/h2-3,7-8,11,16H,4-6,9-10H2,1H3. The highest BCUT2D eigenvalue weighted by atomic mass is 32.2. The molecule has 1 aromatic rings. The minimum atomic E-state index is -3.84. The lowest BCUT2D eigenvalue weighted by Crippen LogP contribution is -2.45. The molecule has 0 radical (unpaired) electrons. The SMILES string of the molecule is COC(=O)c1ccccc1S(=O)(=O)N1CCCCC1CO. The van der Waals surface area contributed by atoms with Gasteiger partial charge in [0.05, 0.1) is 24.2 Å². The van der Waals surface area contributed by atoms with Crippen molar-refractivity contribution in [2.24, 2.45) is 0 Å². The number of ether oxygens (including phenoxy) is 1. The molecule has 1 aliphatic rings. The van der Waals surface area contributed by atoms with Gasteiger partial charge in [0, 0.05) is 12.6 Å². The van der Waals surface area contributed by atoms with E-state index in [1.54, 1.807) is 12.1 Å². The predicted molar refractivity (Wildman–Crippen MR) is 76.4 cm³/mol. The molecular weight excluding hydrogens is 294 g/mol. The van der Waals surface area contributed by atoms with E-state index < -0.39 is 22.0 Å². The fourth-order valence-corrected chi connectivity index (χ4v) is 4.44. The molecule has 2 rings (SSSR count). The van der Waals surface area contributed by atoms with Crippen LogP contribution in [0.2, 0.25) is 0 Å². The summed E-state index contributed by atoms with van der Waals surface area (Å²) in [6.07, 6.45) is 2.25. The van der Waals surface area contributed by atoms with E-state index in [-0.39, 0.29) is 17.1 Å². The second-order valence-corrected chi connectivity index (χ2v) is 6.79. The average Bonchev–Trinajstić information content (AvgIpc) is 2.54. The zero-order valence-corrected chi connectivity index (χ0v) is 12.7. The van der Waals surface area contributed by atoms with Crippen molar-refractivity contribution in [1.82, 2.24) is 4.31 Å². The topological polar surface area (TPSA) is 83.9 Å². The number of rotatable bonds is 4. The van der Waals surface area contributed by atoms with Crippen LogP contribution in [0, 0.1) is 0 Å². The highest BCUT2D eigenvalue weighted by Gasteiger charge is 2.35. The Hall–Kier alpha value is -1.44. The van der Waals surface area contributed by atoms with Crippen LogP contribution in [0.15, 0.2) is 29.2 Å². The number of hydrogen-bond acceptors (Lipinski definition) is 5. The number of aliphatic hydroxyl groups excluding tert-OH is 1. The summed E-state index contributed by atoms with van der Waals surface area (Å²) < 4.78 is 31.5. The molecule has 0 amide bonds. The summed E-state index contributed by atoms with van der Waals surface area (Å²) in [4.78, 5) is 11.7. The lowest BCUT2D eigenvalue weighted by Gasteiger charge is -2.33. The van der Waals surface area contributed by atoms with Gasteiger partial charge >= 0.3 is 5.97 Å². The lowest BCUT2D eigenvalue weighted by atomic mass is 10.1. The van der Waals surface area contributed by atoms with Crippen LogP contribution in [0.25, 0.3) is 0 Å². The van der Waals surface area contributed by atoms with Crippen molar-refractivity contribution in [2.45, 2.75) is 30.2 Å². The maximum absolute atomic E-state index is 12.8. The number of benzene rings is 1. The van der Waals surface area contributed by atoms with Gasteiger partial charge in [0.15, 0.2) is 0 Å². The van der Waals surface area contributed by atoms with Crippen molar-refractivity contribution in [2.75, 3.05) is 20.3 Å². The number of carbonyl (C=O) groups excluding carboxylic acids is 1. The molecule has 0 saturated carbocycles. The van der Waals surface area contributed by atoms with Crippen molar-refractivity contribution in [3.8, 4) is 0 Å². The van der Waals surface area contributed by atoms with E-state index in [1.807, 2.05) is 0 Å². The van der Waals surface area contributed by atoms with Crippen LogP contribution in [0.4, 0.5) is 0 Å². The largest absolute Gasteiger partial charge is 0.465 e. The third kappa shape index (κ3) is 3.09. The molecular formula is C14H19NO5S. The third-order valence-corrected chi connectivity index (χ3v) is 5.67. The zero-order valence-electron chi connectivity index (χ0n) is 11.9. The zero-order chi connectivity index (χ0) is 15.5. The number of methoxy groups -OCH3 is 1. The van der Waals surface area contributed by atoms with E-state index in [4.69, 9.17) is 0 Å². The minimum absolute atomic E-state index is 0.0160. The maximum atomic E-state index is 12.8. The van der Waals surface area contributed by atoms with Crippen molar-refractivity contribution in [1.29, 1.82) is 0 Å². The molecule has 1 fully saturated rings. The maximum Gasteiger partial charge on any atom is 0.339 e. The van der Waals surface area contributed by atoms with Gasteiger partial charge in [0.2, 0.25) is 10.0 Å². The second kappa shape index (κ2) is 6.55. The summed E-state index contributed by atoms with van der Waals surface area (Å²) >= 11 is 0. The Morgan fingerprint density at radius 3 is 2.76 bits per heavy atom. The highest BCUT2D eigenvalue weighted by molar-refractivity contribution is 7.89. The smallest absolute Gasteiger partial charge is 0.339 e. The van der Waals surface area contributed by atoms with Gasteiger partial charge < -0.3 is 9.84 Å². The molecule has 1 aliphatic heterocycles. The van der Waals surface area contributed by atoms with Gasteiger partial charge in [-0.25, -0.2) is 13.2 Å². The van der Waals surface area contributed by atoms with Gasteiger partial charge in [-0.15, -0.1) is 0 Å². The first-order chi connectivity index (χ1) is 10.0. The van der Waals surface area contributed by atoms with Gasteiger partial charge in [-0.05, 0) is 25.0 Å². The summed E-state index contributed by atoms with van der Waals surface area (Å²) in [5, 5.41) is 9.40. The Morgan fingerprint density at radius 1 is 1.38 bits per heavy atom. The molecule has 7 heteroatoms. The summed E-state index contributed by atoms with van der Waals surface area (Å²) in [5.74, 6) is -0.688. The van der Waals surface area contributed by atoms with Gasteiger partial charge in [-0.2, -0.15) is 4.31 Å². The quantitative estimate of drug-likeness (QED) is 0.839. The molecule has 0 bridgehead atoms. The predicted octanol–water partition coefficient (Wildman–Crippen LogP) is 1.01. The number of carbonyl (C=O) groups is 1. The molecule has 0 spiro atoms. The number of aliphatic hydroxyl groups is 1. The Balaban J connectivity index is 2.46. The Kier molecular flexibility index (Phi) is 4.97. The van der Waals surface area contributed by atoms with Crippen LogP contribution >= 0.6 is 0 Å². The van der Waals surface area contributed by atoms with Crippen molar-refractivity contribution >= 4 is 16.0 Å². The van der Waals surface area contributed by atoms with E-state index in [2.05, 4.69) is 4.74 Å². The first-order valence-electron chi connectivity index (χ1n) is 6.82. The normalized spacial score (nSPS) is 20.2. The van der Waals surface area contributed by atoms with Crippen LogP contribution < -0.4 is 0 Å². The molecule has 1 saturated heterocycles. The van der Waals surface area contributed by atoms with Crippen molar-refractivity contribution in [3.05, 3.63) is 29.8 Å². The van der Waals surface area contributed by atoms with Gasteiger partial charge in [-0.3, -0.25) is 0 Å². The summed E-state index contributed by atoms with van der Waals surface area (Å²) in [5.41, 5.74) is 0.0160. The lowest BCUT2D eigenvalue weighted by molar-refractivity contribution is 0.0596. The van der Waals surface area contributed by atoms with Crippen molar-refractivity contribution in [3.63, 3.8) is 0 Å². The second-order valence-electron chi connectivity index (χ2n) is 4.94. The Bertz CT molecular complexity index is 614. The number of piperidine rings is 1. The minimum Gasteiger partial charge on any atom is -0.465 e. The number of nitrogens with zero attached hydrogens (tertiary/aromatic N) is 1. The molecule has 1 aromatic carbocycles. The fourth-order valence-electron chi connectivity index (χ4n) is 2.57. The van der Waals surface area contributed by atoms with E-state index in [0.29, 0.717) is 13.0 Å². The summed E-state index contributed by atoms with van der Waals surface area (Å²) in [6.45, 7) is 0.128. The van der Waals surface area contributed by atoms with Crippen LogP contribution in [0.3, 0.4) is 0 Å². The molecule has 0 aliphatic carbocycles. The molecule has 21 heavy (non-hydrogen) atoms. The molecule has 116 valence electrons. The monoisotopic (exact) mass is 313 g/mol. The molecule has 6 nitrogen and oxygen atoms in total. The average molecular weight is 313 g/mol. The molecule has 1 N–H and O–H groups in total. The van der Waals surface area contributed by atoms with E-state index in [9.17, 15) is 18.3 Å². The van der Waals surface area contributed by atoms with Crippen LogP contribution in [-0.4, -0.2) is 50.1 Å². The van der Waals surface area contributed by atoms with E-state index in [0.717, 1.165) is 12.8 Å². The highest BCUT2D eigenvalue weighted by Crippen LogP contribution is 2.27. The van der Waals surface area contributed by atoms with Gasteiger partial charge in [0.25, 0.3) is 0 Å². The first-order valence-corrected chi connectivity index (χ1v) is 8.26. The van der Waals surface area contributed by atoms with Crippen LogP contribution in [0.5, 0.6) is 0 Å². The molecule has 1 atom stereocenters. The fraction of sp³-hybridized carbons (Fsp3) is 0.500. The van der Waals surface area contributed by atoms with Crippen LogP contribution in [0.1, 0.15) is 29.6 Å². The van der Waals surface area contributed by atoms with Gasteiger partial charge in [0.1, 0.15) is 0 Å². The number of hydrogen-bond donors (Lipinski definition) is 1.